The largest absolute Gasteiger partial charge is 0.480 e. The van der Waals surface area contributed by atoms with Crippen molar-refractivity contribution in [1.29, 1.82) is 0 Å². The Balaban J connectivity index is 2.20. The fourth-order valence-electron chi connectivity index (χ4n) is 2.77. The molecule has 16 heavy (non-hydrogen) atoms. The standard InChI is InChI=1S/C11H18N2O3/c1-13-7-2-4-8(13)9(14)11(10(15)16)5-3-6-12-11/h8,12H,2-7H2,1H3,(H,15,16)/t8?,11-/m1/s1. The Morgan fingerprint density at radius 2 is 2.19 bits per heavy atom. The number of carbonyl (C=O) groups excluding carboxylic acids is 1. The van der Waals surface area contributed by atoms with Crippen LogP contribution < -0.4 is 5.32 Å². The van der Waals surface area contributed by atoms with Gasteiger partial charge in [-0.1, -0.05) is 0 Å². The molecule has 2 aliphatic rings. The van der Waals surface area contributed by atoms with Gasteiger partial charge in [-0.2, -0.15) is 0 Å². The fourth-order valence-corrected chi connectivity index (χ4v) is 2.77. The van der Waals surface area contributed by atoms with E-state index in [1.165, 1.54) is 0 Å². The van der Waals surface area contributed by atoms with Gasteiger partial charge in [0.15, 0.2) is 11.3 Å². The van der Waals surface area contributed by atoms with E-state index in [4.69, 9.17) is 0 Å². The monoisotopic (exact) mass is 226 g/mol. The normalized spacial score (nSPS) is 35.4. The fraction of sp³-hybridized carbons (Fsp3) is 0.818. The lowest BCUT2D eigenvalue weighted by atomic mass is 9.87. The van der Waals surface area contributed by atoms with Crippen molar-refractivity contribution in [2.75, 3.05) is 20.1 Å². The van der Waals surface area contributed by atoms with Gasteiger partial charge in [-0.3, -0.25) is 15.0 Å². The van der Waals surface area contributed by atoms with E-state index in [1.54, 1.807) is 0 Å². The minimum absolute atomic E-state index is 0.155. The van der Waals surface area contributed by atoms with Gasteiger partial charge in [0.1, 0.15) is 0 Å². The van der Waals surface area contributed by atoms with Gasteiger partial charge in [0.05, 0.1) is 6.04 Å². The molecule has 2 saturated heterocycles. The maximum atomic E-state index is 12.3. The van der Waals surface area contributed by atoms with Crippen molar-refractivity contribution in [3.05, 3.63) is 0 Å². The number of likely N-dealkylation sites (tertiary alicyclic amines) is 1. The van der Waals surface area contributed by atoms with Crippen LogP contribution in [0.3, 0.4) is 0 Å². The van der Waals surface area contributed by atoms with Crippen LogP contribution in [0.4, 0.5) is 0 Å². The molecular formula is C11H18N2O3. The molecule has 0 bridgehead atoms. The van der Waals surface area contributed by atoms with Gasteiger partial charge < -0.3 is 5.11 Å². The average Bonchev–Trinajstić information content (AvgIpc) is 2.85. The predicted molar refractivity (Wildman–Crippen MR) is 58.3 cm³/mol. The molecule has 2 rings (SSSR count). The Labute approximate surface area is 94.8 Å². The third kappa shape index (κ3) is 1.64. The molecule has 90 valence electrons. The second kappa shape index (κ2) is 4.14. The quantitative estimate of drug-likeness (QED) is 0.655. The lowest BCUT2D eigenvalue weighted by molar-refractivity contribution is -0.150. The van der Waals surface area contributed by atoms with E-state index in [2.05, 4.69) is 5.32 Å². The van der Waals surface area contributed by atoms with Crippen molar-refractivity contribution in [3.63, 3.8) is 0 Å². The van der Waals surface area contributed by atoms with Crippen molar-refractivity contribution in [2.45, 2.75) is 37.3 Å². The van der Waals surface area contributed by atoms with E-state index in [0.29, 0.717) is 13.0 Å². The van der Waals surface area contributed by atoms with Crippen molar-refractivity contribution in [1.82, 2.24) is 10.2 Å². The molecule has 2 N–H and O–H groups in total. The second-order valence-corrected chi connectivity index (χ2v) is 4.74. The molecule has 1 unspecified atom stereocenters. The number of carboxylic acid groups (broad SMARTS) is 1. The van der Waals surface area contributed by atoms with Crippen LogP contribution in [0.2, 0.25) is 0 Å². The van der Waals surface area contributed by atoms with Crippen molar-refractivity contribution < 1.29 is 14.7 Å². The zero-order valence-electron chi connectivity index (χ0n) is 9.53. The average molecular weight is 226 g/mol. The lowest BCUT2D eigenvalue weighted by Crippen LogP contribution is -2.59. The summed E-state index contributed by atoms with van der Waals surface area (Å²) in [6.45, 7) is 1.50. The summed E-state index contributed by atoms with van der Waals surface area (Å²) in [5.41, 5.74) is -1.32. The molecule has 5 heteroatoms. The number of hydrogen-bond acceptors (Lipinski definition) is 4. The summed E-state index contributed by atoms with van der Waals surface area (Å²) in [4.78, 5) is 25.6. The molecule has 5 nitrogen and oxygen atoms in total. The van der Waals surface area contributed by atoms with Crippen LogP contribution in [0, 0.1) is 0 Å². The molecular weight excluding hydrogens is 208 g/mol. The van der Waals surface area contributed by atoms with E-state index in [9.17, 15) is 14.7 Å². The molecule has 0 aromatic carbocycles. The number of hydrogen-bond donors (Lipinski definition) is 2. The Kier molecular flexibility index (Phi) is 2.99. The highest BCUT2D eigenvalue weighted by Crippen LogP contribution is 2.27. The number of carbonyl (C=O) groups is 2. The molecule has 2 fully saturated rings. The van der Waals surface area contributed by atoms with Crippen LogP contribution in [-0.4, -0.2) is 53.5 Å². The number of nitrogens with one attached hydrogen (secondary N) is 1. The highest BCUT2D eigenvalue weighted by Gasteiger charge is 2.51. The molecule has 0 aromatic heterocycles. The minimum Gasteiger partial charge on any atom is -0.480 e. The Hall–Kier alpha value is -0.940. The first kappa shape index (κ1) is 11.5. The Bertz CT molecular complexity index is 310. The summed E-state index contributed by atoms with van der Waals surface area (Å²) in [6, 6.07) is -0.221. The molecule has 2 heterocycles. The Morgan fingerprint density at radius 3 is 2.62 bits per heavy atom. The van der Waals surface area contributed by atoms with Crippen LogP contribution in [0.5, 0.6) is 0 Å². The first-order chi connectivity index (χ1) is 7.58. The third-order valence-electron chi connectivity index (χ3n) is 3.76. The number of likely N-dealkylation sites (N-methyl/N-ethyl adjacent to an activating group) is 1. The molecule has 0 amide bonds. The molecule has 2 atom stereocenters. The highest BCUT2D eigenvalue weighted by molar-refractivity contribution is 6.10. The maximum Gasteiger partial charge on any atom is 0.331 e. The number of aliphatic carboxylic acids is 1. The predicted octanol–water partition coefficient (Wildman–Crippen LogP) is -0.143. The molecule has 0 aromatic rings. The van der Waals surface area contributed by atoms with Crippen LogP contribution in [0.25, 0.3) is 0 Å². The Morgan fingerprint density at radius 1 is 1.44 bits per heavy atom. The first-order valence-electron chi connectivity index (χ1n) is 5.81. The number of rotatable bonds is 3. The molecule has 0 spiro atoms. The van der Waals surface area contributed by atoms with Crippen LogP contribution in [0.1, 0.15) is 25.7 Å². The van der Waals surface area contributed by atoms with Crippen molar-refractivity contribution >= 4 is 11.8 Å². The number of nitrogens with zero attached hydrogens (tertiary/aromatic N) is 1. The van der Waals surface area contributed by atoms with Gasteiger partial charge in [-0.25, -0.2) is 4.79 Å². The van der Waals surface area contributed by atoms with Crippen LogP contribution >= 0.6 is 0 Å². The molecule has 0 radical (unpaired) electrons. The summed E-state index contributed by atoms with van der Waals surface area (Å²) < 4.78 is 0. The summed E-state index contributed by atoms with van der Waals surface area (Å²) in [5.74, 6) is -1.17. The van der Waals surface area contributed by atoms with E-state index >= 15 is 0 Å². The smallest absolute Gasteiger partial charge is 0.331 e. The van der Waals surface area contributed by atoms with Gasteiger partial charge in [0.2, 0.25) is 0 Å². The summed E-state index contributed by atoms with van der Waals surface area (Å²) in [5, 5.41) is 12.2. The van der Waals surface area contributed by atoms with Crippen LogP contribution in [-0.2, 0) is 9.59 Å². The van der Waals surface area contributed by atoms with Gasteiger partial charge in [-0.05, 0) is 45.8 Å². The summed E-state index contributed by atoms with van der Waals surface area (Å²) in [6.07, 6.45) is 2.94. The summed E-state index contributed by atoms with van der Waals surface area (Å²) >= 11 is 0. The zero-order valence-corrected chi connectivity index (χ0v) is 9.53. The molecule has 2 aliphatic heterocycles. The van der Waals surface area contributed by atoms with Crippen LogP contribution in [0.15, 0.2) is 0 Å². The number of ketones is 1. The number of carboxylic acids is 1. The van der Waals surface area contributed by atoms with Gasteiger partial charge >= 0.3 is 5.97 Å². The zero-order chi connectivity index (χ0) is 11.8. The molecule has 0 saturated carbocycles. The second-order valence-electron chi connectivity index (χ2n) is 4.74. The topological polar surface area (TPSA) is 69.6 Å². The minimum atomic E-state index is -1.32. The van der Waals surface area contributed by atoms with Gasteiger partial charge in [0, 0.05) is 0 Å². The molecule has 0 aliphatic carbocycles. The third-order valence-corrected chi connectivity index (χ3v) is 3.76. The van der Waals surface area contributed by atoms with E-state index < -0.39 is 11.5 Å². The van der Waals surface area contributed by atoms with E-state index in [-0.39, 0.29) is 11.8 Å². The summed E-state index contributed by atoms with van der Waals surface area (Å²) in [7, 11) is 1.89. The SMILES string of the molecule is CN1CCCC1C(=O)[C@@]1(C(=O)O)CCCN1. The van der Waals surface area contributed by atoms with Crippen molar-refractivity contribution in [2.24, 2.45) is 0 Å². The lowest BCUT2D eigenvalue weighted by Gasteiger charge is -2.29. The van der Waals surface area contributed by atoms with E-state index in [1.807, 2.05) is 11.9 Å². The van der Waals surface area contributed by atoms with Gasteiger partial charge in [0.25, 0.3) is 0 Å². The highest BCUT2D eigenvalue weighted by atomic mass is 16.4. The van der Waals surface area contributed by atoms with Gasteiger partial charge in [-0.15, -0.1) is 0 Å². The number of Topliss-reactive ketones (excluding diaryl/α,β-unsaturated/α-hetero) is 1. The first-order valence-corrected chi connectivity index (χ1v) is 5.81. The maximum absolute atomic E-state index is 12.3. The van der Waals surface area contributed by atoms with Crippen molar-refractivity contribution in [3.8, 4) is 0 Å². The van der Waals surface area contributed by atoms with E-state index in [0.717, 1.165) is 25.8 Å².